The zero-order valence-electron chi connectivity index (χ0n) is 11.9. The molecule has 0 aliphatic carbocycles. The average Bonchev–Trinajstić information content (AvgIpc) is 2.99. The molecule has 0 saturated heterocycles. The summed E-state index contributed by atoms with van der Waals surface area (Å²) in [6.45, 7) is 0.257. The van der Waals surface area contributed by atoms with Crippen LogP contribution in [0.2, 0.25) is 0 Å². The van der Waals surface area contributed by atoms with Crippen LogP contribution in [0.5, 0.6) is 0 Å². The molecule has 0 bridgehead atoms. The highest BCUT2D eigenvalue weighted by Gasteiger charge is 2.09. The van der Waals surface area contributed by atoms with E-state index in [1.807, 2.05) is 0 Å². The van der Waals surface area contributed by atoms with Crippen LogP contribution in [0.15, 0.2) is 47.6 Å². The van der Waals surface area contributed by atoms with Gasteiger partial charge >= 0.3 is 0 Å². The fourth-order valence-corrected chi connectivity index (χ4v) is 2.56. The van der Waals surface area contributed by atoms with E-state index in [2.05, 4.69) is 20.5 Å². The third-order valence-electron chi connectivity index (χ3n) is 3.26. The maximum atomic E-state index is 12.1. The number of carbonyl (C=O) groups excluding carboxylic acids is 1. The predicted molar refractivity (Wildman–Crippen MR) is 82.9 cm³/mol. The van der Waals surface area contributed by atoms with Gasteiger partial charge in [0.25, 0.3) is 5.91 Å². The van der Waals surface area contributed by atoms with Crippen molar-refractivity contribution in [1.29, 1.82) is 0 Å². The second-order valence-corrected chi connectivity index (χ2v) is 6.46. The fraction of sp³-hybridized carbons (Fsp3) is 0.0714. The molecule has 2 aromatic heterocycles. The summed E-state index contributed by atoms with van der Waals surface area (Å²) in [6.07, 6.45) is 3.05. The Kier molecular flexibility index (Phi) is 3.80. The predicted octanol–water partition coefficient (Wildman–Crippen LogP) is 0.535. The maximum Gasteiger partial charge on any atom is 0.253 e. The average molecular weight is 331 g/mol. The van der Waals surface area contributed by atoms with Crippen molar-refractivity contribution in [3.05, 3.63) is 53.9 Å². The van der Waals surface area contributed by atoms with Crippen LogP contribution in [0.1, 0.15) is 15.9 Å². The van der Waals surface area contributed by atoms with Gasteiger partial charge in [0.1, 0.15) is 0 Å². The van der Waals surface area contributed by atoms with E-state index in [1.165, 1.54) is 18.3 Å². The lowest BCUT2D eigenvalue weighted by atomic mass is 10.2. The van der Waals surface area contributed by atoms with Crippen molar-refractivity contribution in [1.82, 2.24) is 20.5 Å². The first kappa shape index (κ1) is 15.1. The van der Waals surface area contributed by atoms with Gasteiger partial charge in [0.2, 0.25) is 10.0 Å². The number of rotatable bonds is 4. The van der Waals surface area contributed by atoms with E-state index in [-0.39, 0.29) is 17.3 Å². The highest BCUT2D eigenvalue weighted by molar-refractivity contribution is 7.89. The van der Waals surface area contributed by atoms with Crippen LogP contribution in [0, 0.1) is 0 Å². The normalized spacial score (nSPS) is 11.5. The van der Waals surface area contributed by atoms with E-state index in [1.54, 1.807) is 24.4 Å². The Labute approximate surface area is 131 Å². The summed E-state index contributed by atoms with van der Waals surface area (Å²) in [4.78, 5) is 16.2. The lowest BCUT2D eigenvalue weighted by Gasteiger charge is -2.06. The summed E-state index contributed by atoms with van der Waals surface area (Å²) in [7, 11) is -3.71. The lowest BCUT2D eigenvalue weighted by molar-refractivity contribution is 0.0950. The Morgan fingerprint density at radius 3 is 2.65 bits per heavy atom. The lowest BCUT2D eigenvalue weighted by Crippen LogP contribution is -2.23. The van der Waals surface area contributed by atoms with Gasteiger partial charge in [-0.3, -0.25) is 9.89 Å². The molecule has 1 aromatic carbocycles. The number of amides is 1. The van der Waals surface area contributed by atoms with E-state index < -0.39 is 10.0 Å². The smallest absolute Gasteiger partial charge is 0.253 e. The first-order valence-electron chi connectivity index (χ1n) is 6.62. The number of nitrogens with two attached hydrogens (primary N) is 1. The molecule has 9 heteroatoms. The second-order valence-electron chi connectivity index (χ2n) is 4.90. The monoisotopic (exact) mass is 331 g/mol. The molecule has 0 unspecified atom stereocenters. The molecule has 0 saturated carbocycles. The van der Waals surface area contributed by atoms with Crippen LogP contribution in [-0.4, -0.2) is 29.5 Å². The number of nitrogens with one attached hydrogen (secondary N) is 2. The third kappa shape index (κ3) is 3.35. The van der Waals surface area contributed by atoms with Crippen LogP contribution in [-0.2, 0) is 16.6 Å². The summed E-state index contributed by atoms with van der Waals surface area (Å²) < 4.78 is 22.3. The molecule has 2 heterocycles. The number of pyridine rings is 1. The van der Waals surface area contributed by atoms with E-state index in [0.29, 0.717) is 11.2 Å². The number of carbonyl (C=O) groups is 1. The summed E-state index contributed by atoms with van der Waals surface area (Å²) in [5, 5.41) is 15.1. The van der Waals surface area contributed by atoms with Crippen molar-refractivity contribution in [3.8, 4) is 0 Å². The van der Waals surface area contributed by atoms with Gasteiger partial charge in [0.05, 0.1) is 16.7 Å². The van der Waals surface area contributed by atoms with Crippen LogP contribution >= 0.6 is 0 Å². The minimum Gasteiger partial charge on any atom is -0.348 e. The highest BCUT2D eigenvalue weighted by Crippen LogP contribution is 2.11. The second kappa shape index (κ2) is 5.78. The Hall–Kier alpha value is -2.78. The van der Waals surface area contributed by atoms with Gasteiger partial charge < -0.3 is 5.32 Å². The summed E-state index contributed by atoms with van der Waals surface area (Å²) in [6, 6.07) is 7.67. The van der Waals surface area contributed by atoms with Crippen molar-refractivity contribution >= 4 is 27.0 Å². The quantitative estimate of drug-likeness (QED) is 0.642. The van der Waals surface area contributed by atoms with Crippen LogP contribution < -0.4 is 10.5 Å². The minimum atomic E-state index is -3.71. The maximum absolute atomic E-state index is 12.1. The van der Waals surface area contributed by atoms with Gasteiger partial charge in [-0.1, -0.05) is 12.1 Å². The molecule has 3 rings (SSSR count). The number of nitrogens with zero attached hydrogens (tertiary/aromatic N) is 2. The van der Waals surface area contributed by atoms with Gasteiger partial charge in [0, 0.05) is 18.1 Å². The number of primary sulfonamides is 1. The van der Waals surface area contributed by atoms with Crippen molar-refractivity contribution in [2.75, 3.05) is 0 Å². The minimum absolute atomic E-state index is 0.0298. The van der Waals surface area contributed by atoms with Crippen molar-refractivity contribution < 1.29 is 13.2 Å². The zero-order chi connectivity index (χ0) is 16.4. The third-order valence-corrected chi connectivity index (χ3v) is 4.19. The van der Waals surface area contributed by atoms with Gasteiger partial charge in [-0.05, 0) is 23.8 Å². The number of fused-ring (bicyclic) bond motifs is 1. The number of sulfonamides is 1. The molecule has 8 nitrogen and oxygen atoms in total. The van der Waals surface area contributed by atoms with E-state index in [9.17, 15) is 13.2 Å². The molecular weight excluding hydrogens is 318 g/mol. The zero-order valence-corrected chi connectivity index (χ0v) is 12.7. The molecule has 0 aliphatic heterocycles. The van der Waals surface area contributed by atoms with E-state index in [0.717, 1.165) is 10.9 Å². The molecule has 23 heavy (non-hydrogen) atoms. The van der Waals surface area contributed by atoms with Crippen molar-refractivity contribution in [3.63, 3.8) is 0 Å². The molecule has 4 N–H and O–H groups in total. The van der Waals surface area contributed by atoms with Gasteiger partial charge in [-0.25, -0.2) is 18.5 Å². The Morgan fingerprint density at radius 1 is 1.22 bits per heavy atom. The van der Waals surface area contributed by atoms with Gasteiger partial charge in [-0.15, -0.1) is 0 Å². The SMILES string of the molecule is NS(=O)(=O)c1ccc(CNC(=O)c2cnc3[nH]ncc3c2)cc1. The molecule has 0 aliphatic rings. The first-order chi connectivity index (χ1) is 10.9. The molecule has 0 radical (unpaired) electrons. The largest absolute Gasteiger partial charge is 0.348 e. The van der Waals surface area contributed by atoms with Crippen LogP contribution in [0.3, 0.4) is 0 Å². The van der Waals surface area contributed by atoms with Crippen LogP contribution in [0.4, 0.5) is 0 Å². The molecule has 0 spiro atoms. The summed E-state index contributed by atoms with van der Waals surface area (Å²) in [5.41, 5.74) is 1.78. The fourth-order valence-electron chi connectivity index (χ4n) is 2.04. The standard InChI is InChI=1S/C14H13N5O3S/c15-23(21,22)12-3-1-9(2-4-12)6-17-14(20)11-5-10-8-18-19-13(10)16-7-11/h1-5,7-8H,6H2,(H,17,20)(H2,15,21,22)(H,16,18,19). The summed E-state index contributed by atoms with van der Waals surface area (Å²) in [5.74, 6) is -0.281. The van der Waals surface area contributed by atoms with Gasteiger partial charge in [0.15, 0.2) is 5.65 Å². The van der Waals surface area contributed by atoms with E-state index in [4.69, 9.17) is 5.14 Å². The number of aromatic amines is 1. The Morgan fingerprint density at radius 2 is 1.96 bits per heavy atom. The van der Waals surface area contributed by atoms with Crippen molar-refractivity contribution in [2.45, 2.75) is 11.4 Å². The highest BCUT2D eigenvalue weighted by atomic mass is 32.2. The Balaban J connectivity index is 1.68. The number of aromatic nitrogens is 3. The summed E-state index contributed by atoms with van der Waals surface area (Å²) >= 11 is 0. The number of hydrogen-bond donors (Lipinski definition) is 3. The number of benzene rings is 1. The van der Waals surface area contributed by atoms with Crippen molar-refractivity contribution in [2.24, 2.45) is 5.14 Å². The van der Waals surface area contributed by atoms with Gasteiger partial charge in [-0.2, -0.15) is 5.10 Å². The molecule has 0 fully saturated rings. The Bertz CT molecular complexity index is 964. The molecular formula is C14H13N5O3S. The molecule has 1 amide bonds. The first-order valence-corrected chi connectivity index (χ1v) is 8.17. The topological polar surface area (TPSA) is 131 Å². The van der Waals surface area contributed by atoms with Crippen LogP contribution in [0.25, 0.3) is 11.0 Å². The molecule has 0 atom stereocenters. The molecule has 3 aromatic rings. The number of hydrogen-bond acceptors (Lipinski definition) is 5. The van der Waals surface area contributed by atoms with E-state index >= 15 is 0 Å². The molecule has 118 valence electrons. The number of H-pyrrole nitrogens is 1.